The average Bonchev–Trinajstić information content (AvgIpc) is 3.50. The summed E-state index contributed by atoms with van der Waals surface area (Å²) in [6, 6.07) is -1.68. The number of hydrogen-bond acceptors (Lipinski definition) is 7. The number of halogens is 3. The maximum absolute atomic E-state index is 14.4. The number of imidazole rings is 1. The summed E-state index contributed by atoms with van der Waals surface area (Å²) in [6.45, 7) is 0.609. The molecule has 11 heteroatoms. The fourth-order valence-electron chi connectivity index (χ4n) is 3.56. The number of nitrogens with one attached hydrogen (secondary N) is 2. The standard InChI is InChI=1S/C21H23F3N6O2/c22-11-7-15(23)18(16(24)8-11)28-21-27-17-9-25-20(26-12-1-3-14(31)4-2-12)29-19(17)30(21)13-5-6-32-10-13/h7-9,12-14,31H,1-6,10H2,(H,27,28)(H,25,26,29)/i1D,2D,3D,4D,12D,14D. The normalized spacial score (nSPS) is 40.1. The van der Waals surface area contributed by atoms with E-state index in [1.165, 1.54) is 10.8 Å². The van der Waals surface area contributed by atoms with Gasteiger partial charge >= 0.3 is 0 Å². The van der Waals surface area contributed by atoms with Crippen molar-refractivity contribution < 1.29 is 31.2 Å². The van der Waals surface area contributed by atoms with Crippen LogP contribution in [0.1, 0.15) is 46.3 Å². The van der Waals surface area contributed by atoms with Gasteiger partial charge in [-0.3, -0.25) is 4.57 Å². The third-order valence-electron chi connectivity index (χ3n) is 5.07. The second kappa shape index (κ2) is 8.55. The molecule has 32 heavy (non-hydrogen) atoms. The Labute approximate surface area is 190 Å². The van der Waals surface area contributed by atoms with E-state index in [4.69, 9.17) is 13.0 Å². The van der Waals surface area contributed by atoms with Crippen molar-refractivity contribution in [1.29, 1.82) is 0 Å². The Morgan fingerprint density at radius 3 is 2.59 bits per heavy atom. The lowest BCUT2D eigenvalue weighted by Crippen LogP contribution is -2.29. The zero-order valence-electron chi connectivity index (χ0n) is 22.5. The van der Waals surface area contributed by atoms with E-state index in [-0.39, 0.29) is 35.7 Å². The molecule has 2 aliphatic rings. The van der Waals surface area contributed by atoms with Crippen molar-refractivity contribution in [2.75, 3.05) is 23.8 Å². The largest absolute Gasteiger partial charge is 0.393 e. The molecule has 5 unspecified atom stereocenters. The quantitative estimate of drug-likeness (QED) is 0.541. The molecular formula is C21H23F3N6O2. The molecule has 3 heterocycles. The molecular weight excluding hydrogens is 425 g/mol. The van der Waals surface area contributed by atoms with Crippen LogP contribution in [0.5, 0.6) is 0 Å². The van der Waals surface area contributed by atoms with E-state index in [2.05, 4.69) is 25.6 Å². The number of hydrogen-bond donors (Lipinski definition) is 3. The summed E-state index contributed by atoms with van der Waals surface area (Å²) in [5.41, 5.74) is -0.314. The van der Waals surface area contributed by atoms with Gasteiger partial charge in [-0.25, -0.2) is 23.1 Å². The number of ether oxygens (including phenoxy) is 1. The molecule has 5 atom stereocenters. The van der Waals surface area contributed by atoms with Gasteiger partial charge in [0.2, 0.25) is 11.9 Å². The number of aliphatic hydroxyl groups is 1. The smallest absolute Gasteiger partial charge is 0.224 e. The third kappa shape index (κ3) is 4.09. The Bertz CT molecular complexity index is 1340. The predicted molar refractivity (Wildman–Crippen MR) is 111 cm³/mol. The van der Waals surface area contributed by atoms with Crippen LogP contribution in [0.4, 0.5) is 30.8 Å². The summed E-state index contributed by atoms with van der Waals surface area (Å²) >= 11 is 0. The second-order valence-corrected chi connectivity index (χ2v) is 7.27. The van der Waals surface area contributed by atoms with Crippen LogP contribution < -0.4 is 10.6 Å². The summed E-state index contributed by atoms with van der Waals surface area (Å²) in [6.07, 6.45) is -8.40. The molecule has 1 saturated heterocycles. The van der Waals surface area contributed by atoms with Crippen LogP contribution in [0.3, 0.4) is 0 Å². The van der Waals surface area contributed by atoms with Gasteiger partial charge in [0.15, 0.2) is 17.3 Å². The maximum atomic E-state index is 14.4. The molecule has 8 nitrogen and oxygen atoms in total. The highest BCUT2D eigenvalue weighted by molar-refractivity contribution is 5.76. The van der Waals surface area contributed by atoms with Crippen LogP contribution in [-0.2, 0) is 4.74 Å². The van der Waals surface area contributed by atoms with Gasteiger partial charge in [0.25, 0.3) is 0 Å². The molecule has 0 spiro atoms. The minimum atomic E-state index is -2.72. The maximum Gasteiger partial charge on any atom is 0.224 e. The summed E-state index contributed by atoms with van der Waals surface area (Å²) in [5, 5.41) is 15.2. The van der Waals surface area contributed by atoms with E-state index in [0.717, 1.165) is 0 Å². The van der Waals surface area contributed by atoms with Gasteiger partial charge in [-0.05, 0) is 32.0 Å². The lowest BCUT2D eigenvalue weighted by Gasteiger charge is -2.26. The molecule has 5 rings (SSSR count). The number of aromatic nitrogens is 4. The first kappa shape index (κ1) is 15.0. The number of anilines is 3. The van der Waals surface area contributed by atoms with Crippen LogP contribution >= 0.6 is 0 Å². The summed E-state index contributed by atoms with van der Waals surface area (Å²) < 4.78 is 98.1. The van der Waals surface area contributed by atoms with Crippen LogP contribution in [0.25, 0.3) is 11.2 Å². The van der Waals surface area contributed by atoms with Gasteiger partial charge in [-0.2, -0.15) is 4.98 Å². The Morgan fingerprint density at radius 2 is 1.91 bits per heavy atom. The van der Waals surface area contributed by atoms with Crippen LogP contribution in [0.2, 0.25) is 0 Å². The van der Waals surface area contributed by atoms with E-state index >= 15 is 0 Å². The van der Waals surface area contributed by atoms with E-state index in [0.29, 0.717) is 25.2 Å². The summed E-state index contributed by atoms with van der Waals surface area (Å²) in [5.74, 6) is -3.76. The molecule has 1 saturated carbocycles. The van der Waals surface area contributed by atoms with Crippen LogP contribution in [-0.4, -0.2) is 49.9 Å². The Kier molecular flexibility index (Phi) is 4.01. The van der Waals surface area contributed by atoms with Crippen molar-refractivity contribution in [1.82, 2.24) is 19.5 Å². The molecule has 1 aromatic carbocycles. The van der Waals surface area contributed by atoms with Gasteiger partial charge in [-0.15, -0.1) is 0 Å². The molecule has 3 aromatic rings. The van der Waals surface area contributed by atoms with E-state index in [1.807, 2.05) is 0 Å². The van der Waals surface area contributed by atoms with Crippen LogP contribution in [0, 0.1) is 17.5 Å². The SMILES string of the molecule is [2H]C1C([2H])C([2H])(Nc2ncc3nc(Nc4c(F)cc(F)cc4F)n(C4CCOC4)c3n2)C([2H])C([2H])C1([2H])O. The third-order valence-corrected chi connectivity index (χ3v) is 5.07. The summed E-state index contributed by atoms with van der Waals surface area (Å²) in [4.78, 5) is 12.7. The molecule has 2 fully saturated rings. The monoisotopic (exact) mass is 454 g/mol. The lowest BCUT2D eigenvalue weighted by atomic mass is 9.93. The van der Waals surface area contributed by atoms with E-state index in [1.54, 1.807) is 0 Å². The fourth-order valence-corrected chi connectivity index (χ4v) is 3.56. The zero-order valence-corrected chi connectivity index (χ0v) is 16.5. The highest BCUT2D eigenvalue weighted by Gasteiger charge is 2.27. The van der Waals surface area contributed by atoms with Crippen molar-refractivity contribution in [2.45, 2.75) is 50.1 Å². The first-order valence-electron chi connectivity index (χ1n) is 13.1. The summed E-state index contributed by atoms with van der Waals surface area (Å²) in [7, 11) is 0. The molecule has 0 radical (unpaired) electrons. The first-order chi connectivity index (χ1) is 17.8. The zero-order chi connectivity index (χ0) is 27.6. The van der Waals surface area contributed by atoms with Gasteiger partial charge in [0.05, 0.1) is 27.7 Å². The van der Waals surface area contributed by atoms with Gasteiger partial charge < -0.3 is 20.5 Å². The second-order valence-electron chi connectivity index (χ2n) is 7.27. The minimum Gasteiger partial charge on any atom is -0.393 e. The molecule has 2 aromatic heterocycles. The topological polar surface area (TPSA) is 97.1 Å². The molecule has 3 N–H and O–H groups in total. The molecule has 1 aliphatic heterocycles. The van der Waals surface area contributed by atoms with Crippen molar-refractivity contribution in [2.24, 2.45) is 0 Å². The number of rotatable bonds is 5. The van der Waals surface area contributed by atoms with Crippen molar-refractivity contribution in [3.63, 3.8) is 0 Å². The molecule has 0 amide bonds. The number of nitrogens with zero attached hydrogens (tertiary/aromatic N) is 4. The van der Waals surface area contributed by atoms with Crippen molar-refractivity contribution >= 4 is 28.7 Å². The van der Waals surface area contributed by atoms with Crippen LogP contribution in [0.15, 0.2) is 18.3 Å². The van der Waals surface area contributed by atoms with Gasteiger partial charge in [-0.1, -0.05) is 0 Å². The predicted octanol–water partition coefficient (Wildman–Crippen LogP) is 3.66. The highest BCUT2D eigenvalue weighted by Crippen LogP contribution is 2.32. The molecule has 1 aliphatic carbocycles. The minimum absolute atomic E-state index is 0.0435. The molecule has 0 bridgehead atoms. The Morgan fingerprint density at radius 1 is 1.16 bits per heavy atom. The van der Waals surface area contributed by atoms with E-state index in [9.17, 15) is 18.3 Å². The van der Waals surface area contributed by atoms with Gasteiger partial charge in [0.1, 0.15) is 17.0 Å². The average molecular weight is 454 g/mol. The lowest BCUT2D eigenvalue weighted by molar-refractivity contribution is 0.126. The Balaban J connectivity index is 1.56. The molecule has 170 valence electrons. The van der Waals surface area contributed by atoms with E-state index < -0.39 is 60.8 Å². The van der Waals surface area contributed by atoms with Gasteiger partial charge in [0, 0.05) is 30.2 Å². The van der Waals surface area contributed by atoms with Crippen molar-refractivity contribution in [3.05, 3.63) is 35.8 Å². The number of fused-ring (bicyclic) bond motifs is 1. The fraction of sp³-hybridized carbons (Fsp3) is 0.476. The van der Waals surface area contributed by atoms with Crippen molar-refractivity contribution in [3.8, 4) is 0 Å². The highest BCUT2D eigenvalue weighted by atomic mass is 19.1. The first-order valence-corrected chi connectivity index (χ1v) is 9.78. The number of benzene rings is 1. The Hall–Kier alpha value is -2.92.